The van der Waals surface area contributed by atoms with Crippen LogP contribution in [0.15, 0.2) is 24.3 Å². The van der Waals surface area contributed by atoms with Crippen LogP contribution in [0.1, 0.15) is 31.7 Å². The molecule has 3 atom stereocenters. The van der Waals surface area contributed by atoms with E-state index in [0.717, 1.165) is 12.5 Å². The Morgan fingerprint density at radius 2 is 2.00 bits per heavy atom. The summed E-state index contributed by atoms with van der Waals surface area (Å²) >= 11 is 0. The maximum atomic E-state index is 12.7. The van der Waals surface area contributed by atoms with E-state index in [1.807, 2.05) is 12.1 Å². The predicted octanol–water partition coefficient (Wildman–Crippen LogP) is 2.93. The number of rotatable bonds is 4. The molecule has 82 valence electrons. The average molecular weight is 207 g/mol. The summed E-state index contributed by atoms with van der Waals surface area (Å²) < 4.78 is 12.7. The topological polar surface area (TPSA) is 12.0 Å². The lowest BCUT2D eigenvalue weighted by Crippen LogP contribution is -2.23. The van der Waals surface area contributed by atoms with Crippen LogP contribution in [-0.2, 0) is 0 Å². The zero-order valence-electron chi connectivity index (χ0n) is 9.33. The second-order valence-corrected chi connectivity index (χ2v) is 4.68. The first-order valence-electron chi connectivity index (χ1n) is 5.65. The van der Waals surface area contributed by atoms with Gasteiger partial charge in [0, 0.05) is 12.6 Å². The molecule has 0 aromatic heterocycles. The standard InChI is InChI=1S/C13H18FN/c1-9-7-13(9)15-8-10(2)11-3-5-12(14)6-4-11/h3-6,9-10,13,15H,7-8H2,1-2H3. The van der Waals surface area contributed by atoms with Crippen molar-refractivity contribution in [2.24, 2.45) is 5.92 Å². The lowest BCUT2D eigenvalue weighted by atomic mass is 10.0. The van der Waals surface area contributed by atoms with Crippen LogP contribution >= 0.6 is 0 Å². The Labute approximate surface area is 90.7 Å². The molecule has 0 amide bonds. The SMILES string of the molecule is CC(CNC1CC1C)c1ccc(F)cc1. The summed E-state index contributed by atoms with van der Waals surface area (Å²) in [4.78, 5) is 0. The second-order valence-electron chi connectivity index (χ2n) is 4.68. The number of nitrogens with one attached hydrogen (secondary N) is 1. The molecule has 2 heteroatoms. The molecule has 1 aliphatic rings. The normalized spacial score (nSPS) is 26.3. The maximum absolute atomic E-state index is 12.7. The highest BCUT2D eigenvalue weighted by Gasteiger charge is 2.31. The Hall–Kier alpha value is -0.890. The van der Waals surface area contributed by atoms with E-state index in [2.05, 4.69) is 19.2 Å². The van der Waals surface area contributed by atoms with E-state index in [1.54, 1.807) is 0 Å². The van der Waals surface area contributed by atoms with Gasteiger partial charge in [-0.25, -0.2) is 4.39 Å². The van der Waals surface area contributed by atoms with Crippen LogP contribution in [0.4, 0.5) is 4.39 Å². The van der Waals surface area contributed by atoms with Gasteiger partial charge in [-0.3, -0.25) is 0 Å². The zero-order chi connectivity index (χ0) is 10.8. The Morgan fingerprint density at radius 1 is 1.40 bits per heavy atom. The van der Waals surface area contributed by atoms with E-state index in [-0.39, 0.29) is 5.82 Å². The quantitative estimate of drug-likeness (QED) is 0.800. The molecule has 1 saturated carbocycles. The van der Waals surface area contributed by atoms with Gasteiger partial charge < -0.3 is 5.32 Å². The highest BCUT2D eigenvalue weighted by molar-refractivity contribution is 5.20. The largest absolute Gasteiger partial charge is 0.313 e. The van der Waals surface area contributed by atoms with Gasteiger partial charge in [-0.15, -0.1) is 0 Å². The van der Waals surface area contributed by atoms with Crippen LogP contribution in [0.5, 0.6) is 0 Å². The molecule has 1 aromatic rings. The van der Waals surface area contributed by atoms with Crippen LogP contribution in [0.25, 0.3) is 0 Å². The van der Waals surface area contributed by atoms with E-state index in [1.165, 1.54) is 24.1 Å². The predicted molar refractivity (Wildman–Crippen MR) is 60.4 cm³/mol. The Balaban J connectivity index is 1.84. The number of halogens is 1. The fraction of sp³-hybridized carbons (Fsp3) is 0.538. The van der Waals surface area contributed by atoms with Crippen LogP contribution in [0.3, 0.4) is 0 Å². The first-order valence-corrected chi connectivity index (χ1v) is 5.65. The highest BCUT2D eigenvalue weighted by Crippen LogP contribution is 2.29. The van der Waals surface area contributed by atoms with Gasteiger partial charge in [0.25, 0.3) is 0 Å². The second kappa shape index (κ2) is 4.31. The van der Waals surface area contributed by atoms with Crippen molar-refractivity contribution in [3.05, 3.63) is 35.6 Å². The van der Waals surface area contributed by atoms with E-state index in [0.29, 0.717) is 12.0 Å². The van der Waals surface area contributed by atoms with Gasteiger partial charge in [-0.2, -0.15) is 0 Å². The monoisotopic (exact) mass is 207 g/mol. The molecule has 1 nitrogen and oxygen atoms in total. The maximum Gasteiger partial charge on any atom is 0.123 e. The molecule has 1 N–H and O–H groups in total. The van der Waals surface area contributed by atoms with Gasteiger partial charge in [-0.05, 0) is 36.0 Å². The van der Waals surface area contributed by atoms with Crippen LogP contribution in [-0.4, -0.2) is 12.6 Å². The lowest BCUT2D eigenvalue weighted by Gasteiger charge is -2.12. The van der Waals surface area contributed by atoms with Gasteiger partial charge in [-0.1, -0.05) is 26.0 Å². The van der Waals surface area contributed by atoms with Crippen molar-refractivity contribution in [1.29, 1.82) is 0 Å². The molecular formula is C13H18FN. The molecule has 0 saturated heterocycles. The lowest BCUT2D eigenvalue weighted by molar-refractivity contribution is 0.589. The smallest absolute Gasteiger partial charge is 0.123 e. The third kappa shape index (κ3) is 2.78. The van der Waals surface area contributed by atoms with Crippen molar-refractivity contribution in [1.82, 2.24) is 5.32 Å². The van der Waals surface area contributed by atoms with Gasteiger partial charge >= 0.3 is 0 Å². The van der Waals surface area contributed by atoms with E-state index < -0.39 is 0 Å². The third-order valence-electron chi connectivity index (χ3n) is 3.23. The molecule has 1 aliphatic carbocycles. The fourth-order valence-electron chi connectivity index (χ4n) is 1.84. The van der Waals surface area contributed by atoms with Crippen molar-refractivity contribution in [3.8, 4) is 0 Å². The molecule has 0 radical (unpaired) electrons. The molecule has 0 bridgehead atoms. The zero-order valence-corrected chi connectivity index (χ0v) is 9.33. The minimum atomic E-state index is -0.158. The molecule has 1 aromatic carbocycles. The molecule has 3 unspecified atom stereocenters. The van der Waals surface area contributed by atoms with Crippen LogP contribution in [0, 0.1) is 11.7 Å². The fourth-order valence-corrected chi connectivity index (χ4v) is 1.84. The van der Waals surface area contributed by atoms with Crippen molar-refractivity contribution in [3.63, 3.8) is 0 Å². The summed E-state index contributed by atoms with van der Waals surface area (Å²) in [5.41, 5.74) is 1.21. The number of hydrogen-bond acceptors (Lipinski definition) is 1. The molecule has 15 heavy (non-hydrogen) atoms. The summed E-state index contributed by atoms with van der Waals surface area (Å²) in [5.74, 6) is 1.14. The number of hydrogen-bond donors (Lipinski definition) is 1. The van der Waals surface area contributed by atoms with Crippen molar-refractivity contribution in [2.45, 2.75) is 32.2 Å². The molecule has 1 fully saturated rings. The summed E-state index contributed by atoms with van der Waals surface area (Å²) in [7, 11) is 0. The third-order valence-corrected chi connectivity index (χ3v) is 3.23. The van der Waals surface area contributed by atoms with Gasteiger partial charge in [0.05, 0.1) is 0 Å². The summed E-state index contributed by atoms with van der Waals surface area (Å²) in [5, 5.41) is 3.53. The Kier molecular flexibility index (Phi) is 3.06. The van der Waals surface area contributed by atoms with Crippen LogP contribution in [0.2, 0.25) is 0 Å². The Morgan fingerprint density at radius 3 is 2.53 bits per heavy atom. The minimum absolute atomic E-state index is 0.158. The first kappa shape index (κ1) is 10.6. The summed E-state index contributed by atoms with van der Waals surface area (Å²) in [6.07, 6.45) is 1.30. The van der Waals surface area contributed by atoms with Crippen molar-refractivity contribution >= 4 is 0 Å². The van der Waals surface area contributed by atoms with Gasteiger partial charge in [0.1, 0.15) is 5.82 Å². The molecular weight excluding hydrogens is 189 g/mol. The summed E-state index contributed by atoms with van der Waals surface area (Å²) in [6, 6.07) is 7.53. The molecule has 0 heterocycles. The first-order chi connectivity index (χ1) is 7.16. The average Bonchev–Trinajstić information content (AvgIpc) is 2.92. The van der Waals surface area contributed by atoms with E-state index >= 15 is 0 Å². The molecule has 2 rings (SSSR count). The van der Waals surface area contributed by atoms with Gasteiger partial charge in [0.2, 0.25) is 0 Å². The van der Waals surface area contributed by atoms with Gasteiger partial charge in [0.15, 0.2) is 0 Å². The highest BCUT2D eigenvalue weighted by atomic mass is 19.1. The molecule has 0 spiro atoms. The number of benzene rings is 1. The Bertz CT molecular complexity index is 320. The van der Waals surface area contributed by atoms with E-state index in [9.17, 15) is 4.39 Å². The summed E-state index contributed by atoms with van der Waals surface area (Å²) in [6.45, 7) is 5.42. The van der Waals surface area contributed by atoms with Crippen molar-refractivity contribution in [2.75, 3.05) is 6.54 Å². The van der Waals surface area contributed by atoms with Crippen molar-refractivity contribution < 1.29 is 4.39 Å². The van der Waals surface area contributed by atoms with E-state index in [4.69, 9.17) is 0 Å². The van der Waals surface area contributed by atoms with Crippen LogP contribution < -0.4 is 5.32 Å². The molecule has 0 aliphatic heterocycles. The minimum Gasteiger partial charge on any atom is -0.313 e.